The van der Waals surface area contributed by atoms with Crippen LogP contribution in [-0.2, 0) is 28.7 Å². The maximum atomic E-state index is 12.0. The molecule has 2 heterocycles. The van der Waals surface area contributed by atoms with Gasteiger partial charge in [-0.15, -0.1) is 0 Å². The lowest BCUT2D eigenvalue weighted by Crippen LogP contribution is -2.59. The average molecular weight is 711 g/mol. The second-order valence-corrected chi connectivity index (χ2v) is 20.8. The van der Waals surface area contributed by atoms with Crippen LogP contribution in [0.15, 0.2) is 35.5 Å². The Labute approximate surface area is 311 Å². The normalized spacial score (nSPS) is 52.7. The number of carbonyl (C=O) groups excluding carboxylic acids is 4. The number of rotatable bonds is 0. The second-order valence-electron chi connectivity index (χ2n) is 20.8. The van der Waals surface area contributed by atoms with Crippen molar-refractivity contribution in [3.05, 3.63) is 35.5 Å². The van der Waals surface area contributed by atoms with Gasteiger partial charge in [0.15, 0.2) is 11.6 Å². The molecule has 0 amide bonds. The third kappa shape index (κ3) is 4.25. The smallest absolute Gasteiger partial charge is 0.306 e. The number of allylic oxidation sites excluding steroid dienone is 5. The molecule has 0 bridgehead atoms. The third-order valence-corrected chi connectivity index (χ3v) is 19.8. The number of hydrogen-bond acceptors (Lipinski definition) is 6. The van der Waals surface area contributed by atoms with Gasteiger partial charge in [-0.25, -0.2) is 0 Å². The van der Waals surface area contributed by atoms with Crippen LogP contribution in [-0.4, -0.2) is 34.7 Å². The minimum absolute atomic E-state index is 0.00220. The zero-order valence-electron chi connectivity index (χ0n) is 32.8. The fourth-order valence-electron chi connectivity index (χ4n) is 15.8. The van der Waals surface area contributed by atoms with Gasteiger partial charge >= 0.3 is 11.9 Å². The highest BCUT2D eigenvalue weighted by Gasteiger charge is 2.71. The van der Waals surface area contributed by atoms with E-state index in [9.17, 15) is 19.2 Å². The fraction of sp³-hybridized carbons (Fsp3) is 0.783. The minimum atomic E-state index is -0.219. The van der Waals surface area contributed by atoms with Crippen molar-refractivity contribution in [3.63, 3.8) is 0 Å². The van der Waals surface area contributed by atoms with E-state index in [0.29, 0.717) is 55.1 Å². The van der Waals surface area contributed by atoms with E-state index < -0.39 is 0 Å². The van der Waals surface area contributed by atoms with Gasteiger partial charge in [0.05, 0.1) is 0 Å². The topological polar surface area (TPSA) is 86.7 Å². The molecule has 282 valence electrons. The van der Waals surface area contributed by atoms with Crippen molar-refractivity contribution < 1.29 is 28.7 Å². The summed E-state index contributed by atoms with van der Waals surface area (Å²) in [5, 5.41) is 0. The number of carbonyl (C=O) groups is 4. The van der Waals surface area contributed by atoms with E-state index in [0.717, 1.165) is 70.6 Å². The van der Waals surface area contributed by atoms with E-state index in [1.54, 1.807) is 0 Å². The molecule has 0 aromatic rings. The Hall–Kier alpha value is -2.50. The molecule has 8 aliphatic carbocycles. The van der Waals surface area contributed by atoms with Crippen LogP contribution in [0, 0.1) is 56.2 Å². The first kappa shape index (κ1) is 35.2. The van der Waals surface area contributed by atoms with E-state index in [1.807, 2.05) is 12.2 Å². The number of fused-ring (bicyclic) bond motifs is 12. The van der Waals surface area contributed by atoms with Crippen LogP contribution >= 0.6 is 0 Å². The molecule has 0 radical (unpaired) electrons. The molecule has 12 atom stereocenters. The summed E-state index contributed by atoms with van der Waals surface area (Å²) in [6.45, 7) is 14.7. The van der Waals surface area contributed by atoms with E-state index in [4.69, 9.17) is 9.47 Å². The molecule has 0 N–H and O–H groups in total. The molecule has 10 rings (SSSR count). The van der Waals surface area contributed by atoms with Gasteiger partial charge in [0, 0.05) is 36.5 Å². The molecule has 0 aromatic heterocycles. The van der Waals surface area contributed by atoms with Crippen molar-refractivity contribution in [2.75, 3.05) is 0 Å². The van der Waals surface area contributed by atoms with E-state index in [2.05, 4.69) is 53.7 Å². The highest BCUT2D eigenvalue weighted by molar-refractivity contribution is 5.92. The summed E-state index contributed by atoms with van der Waals surface area (Å²) < 4.78 is 12.1. The summed E-state index contributed by atoms with van der Waals surface area (Å²) in [6, 6.07) is 0. The Bertz CT molecular complexity index is 1740. The summed E-state index contributed by atoms with van der Waals surface area (Å²) in [4.78, 5) is 48.0. The van der Waals surface area contributed by atoms with Crippen LogP contribution < -0.4 is 0 Å². The lowest BCUT2D eigenvalue weighted by molar-refractivity contribution is -0.178. The number of hydrogen-bond donors (Lipinski definition) is 0. The van der Waals surface area contributed by atoms with Crippen molar-refractivity contribution in [2.24, 2.45) is 56.2 Å². The van der Waals surface area contributed by atoms with Gasteiger partial charge in [-0.1, -0.05) is 59.3 Å². The second kappa shape index (κ2) is 11.1. The van der Waals surface area contributed by atoms with Crippen molar-refractivity contribution in [2.45, 2.75) is 168 Å². The zero-order valence-corrected chi connectivity index (χ0v) is 32.8. The molecule has 10 unspecified atom stereocenters. The highest BCUT2D eigenvalue weighted by Crippen LogP contribution is 2.75. The lowest BCUT2D eigenvalue weighted by atomic mass is 9.40. The molecule has 2 spiro atoms. The third-order valence-electron chi connectivity index (χ3n) is 19.8. The SMILES string of the molecule is CC12CCC(=O)C=C1C=CC1C3CC[C@@]4(CCC(=O)O4)C3(C)CCC12C.CC12CCC(=O)C=C1CCC1C3CC[C@@]4(CCC(=O)O4)C3(C)CCC12C. The van der Waals surface area contributed by atoms with Gasteiger partial charge in [-0.3, -0.25) is 19.2 Å². The fourth-order valence-corrected chi connectivity index (χ4v) is 15.8. The van der Waals surface area contributed by atoms with Crippen molar-refractivity contribution in [1.29, 1.82) is 0 Å². The Morgan fingerprint density at radius 1 is 0.500 bits per heavy atom. The lowest BCUT2D eigenvalue weighted by Gasteiger charge is -2.65. The first-order valence-corrected chi connectivity index (χ1v) is 21.1. The van der Waals surface area contributed by atoms with Gasteiger partial charge in [0.25, 0.3) is 0 Å². The number of ether oxygens (including phenoxy) is 2. The maximum absolute atomic E-state index is 12.0. The van der Waals surface area contributed by atoms with Gasteiger partial charge in [-0.2, -0.15) is 0 Å². The summed E-state index contributed by atoms with van der Waals surface area (Å²) in [6.07, 6.45) is 26.4. The predicted molar refractivity (Wildman–Crippen MR) is 199 cm³/mol. The average Bonchev–Trinajstić information content (AvgIpc) is 3.84. The van der Waals surface area contributed by atoms with Crippen molar-refractivity contribution >= 4 is 23.5 Å². The van der Waals surface area contributed by atoms with Crippen molar-refractivity contribution in [1.82, 2.24) is 0 Å². The molecular weight excluding hydrogens is 649 g/mol. The van der Waals surface area contributed by atoms with E-state index in [-0.39, 0.29) is 61.4 Å². The minimum Gasteiger partial charge on any atom is -0.458 e. The summed E-state index contributed by atoms with van der Waals surface area (Å²) in [7, 11) is 0. The largest absolute Gasteiger partial charge is 0.458 e. The Morgan fingerprint density at radius 3 is 1.63 bits per heavy atom. The maximum Gasteiger partial charge on any atom is 0.306 e. The van der Waals surface area contributed by atoms with Gasteiger partial charge in [-0.05, 0) is 153 Å². The van der Waals surface area contributed by atoms with E-state index in [1.165, 1.54) is 30.4 Å². The Balaban J connectivity index is 0.000000138. The molecule has 2 saturated heterocycles. The highest BCUT2D eigenvalue weighted by atomic mass is 16.6. The number of ketones is 2. The van der Waals surface area contributed by atoms with Crippen molar-refractivity contribution in [3.8, 4) is 0 Å². The van der Waals surface area contributed by atoms with Crippen LogP contribution in [0.2, 0.25) is 0 Å². The quantitative estimate of drug-likeness (QED) is 0.233. The predicted octanol–water partition coefficient (Wildman–Crippen LogP) is 9.74. The van der Waals surface area contributed by atoms with Gasteiger partial charge in [0.2, 0.25) is 0 Å². The molecule has 52 heavy (non-hydrogen) atoms. The zero-order chi connectivity index (χ0) is 36.7. The molecule has 10 aliphatic rings. The Morgan fingerprint density at radius 2 is 1.02 bits per heavy atom. The molecular formula is C46H62O6. The molecule has 7 fully saturated rings. The molecule has 2 aliphatic heterocycles. The van der Waals surface area contributed by atoms with Crippen LogP contribution in [0.5, 0.6) is 0 Å². The molecule has 5 saturated carbocycles. The van der Waals surface area contributed by atoms with Crippen LogP contribution in [0.4, 0.5) is 0 Å². The first-order chi connectivity index (χ1) is 24.5. The summed E-state index contributed by atoms with van der Waals surface area (Å²) in [5.74, 6) is 3.06. The van der Waals surface area contributed by atoms with Crippen LogP contribution in [0.25, 0.3) is 0 Å². The molecule has 6 nitrogen and oxygen atoms in total. The summed E-state index contributed by atoms with van der Waals surface area (Å²) in [5.41, 5.74) is 3.23. The molecule has 6 heteroatoms. The first-order valence-electron chi connectivity index (χ1n) is 21.1. The van der Waals surface area contributed by atoms with Gasteiger partial charge < -0.3 is 9.47 Å². The molecule has 0 aromatic carbocycles. The van der Waals surface area contributed by atoms with Crippen LogP contribution in [0.3, 0.4) is 0 Å². The monoisotopic (exact) mass is 710 g/mol. The van der Waals surface area contributed by atoms with Crippen LogP contribution in [0.1, 0.15) is 157 Å². The summed E-state index contributed by atoms with van der Waals surface area (Å²) >= 11 is 0. The van der Waals surface area contributed by atoms with E-state index >= 15 is 0 Å². The van der Waals surface area contributed by atoms with Gasteiger partial charge in [0.1, 0.15) is 11.2 Å². The Kier molecular flexibility index (Phi) is 7.49. The standard InChI is InChI=1S/C23H32O3.C23H30O3/c2*1-20-9-6-16(24)14-15(20)4-5-17-18-7-10-23(11-8-19(25)26-23)22(18,3)13-12-21(17,20)2/h14,17-18H,4-13H2,1-3H3;4-5,14,17-18H,6-13H2,1-3H3/t2*17?,18?,20?,21?,22?,23-/m11/s1. The number of esters is 2.